The molecule has 2 N–H and O–H groups in total. The number of fused-ring (bicyclic) bond motifs is 1. The minimum absolute atomic E-state index is 0.148. The van der Waals surface area contributed by atoms with E-state index in [1.165, 1.54) is 0 Å². The Hall–Kier alpha value is -2.24. The quantitative estimate of drug-likeness (QED) is 0.602. The molecular formula is C19H20Cl2N4O. The molecule has 0 fully saturated rings. The van der Waals surface area contributed by atoms with E-state index in [2.05, 4.69) is 15.3 Å². The van der Waals surface area contributed by atoms with Gasteiger partial charge >= 0.3 is 6.03 Å². The zero-order chi connectivity index (χ0) is 18.5. The number of hydrogen-bond acceptors (Lipinski definition) is 2. The molecule has 1 heterocycles. The maximum atomic E-state index is 12.2. The van der Waals surface area contributed by atoms with Gasteiger partial charge in [0.2, 0.25) is 0 Å². The number of aryl methyl sites for hydroxylation is 1. The summed E-state index contributed by atoms with van der Waals surface area (Å²) in [5, 5.41) is 3.88. The number of nitrogens with one attached hydrogen (secondary N) is 2. The smallest absolute Gasteiger partial charge is 0.317 e. The molecule has 7 heteroatoms. The van der Waals surface area contributed by atoms with Gasteiger partial charge in [0, 0.05) is 26.6 Å². The Bertz CT molecular complexity index is 876. The zero-order valence-corrected chi connectivity index (χ0v) is 15.9. The lowest BCUT2D eigenvalue weighted by molar-refractivity contribution is 0.207. The monoisotopic (exact) mass is 390 g/mol. The van der Waals surface area contributed by atoms with Crippen molar-refractivity contribution in [3.8, 4) is 0 Å². The molecule has 0 unspecified atom stereocenters. The molecule has 0 aliphatic carbocycles. The molecule has 136 valence electrons. The van der Waals surface area contributed by atoms with Crippen LogP contribution in [-0.4, -0.2) is 34.5 Å². The van der Waals surface area contributed by atoms with Crippen LogP contribution in [0.25, 0.3) is 11.0 Å². The number of nitrogens with zero attached hydrogens (tertiary/aromatic N) is 2. The Morgan fingerprint density at radius 2 is 2.00 bits per heavy atom. The van der Waals surface area contributed by atoms with Crippen molar-refractivity contribution in [1.82, 2.24) is 20.2 Å². The van der Waals surface area contributed by atoms with E-state index in [4.69, 9.17) is 23.2 Å². The largest absolute Gasteiger partial charge is 0.342 e. The number of aromatic nitrogens is 2. The van der Waals surface area contributed by atoms with Gasteiger partial charge in [-0.1, -0.05) is 47.5 Å². The number of imidazole rings is 1. The van der Waals surface area contributed by atoms with Crippen LogP contribution in [0.2, 0.25) is 10.0 Å². The average Bonchev–Trinajstić information content (AvgIpc) is 3.05. The highest BCUT2D eigenvalue weighted by molar-refractivity contribution is 6.42. The highest BCUT2D eigenvalue weighted by Gasteiger charge is 2.12. The highest BCUT2D eigenvalue weighted by atomic mass is 35.5. The van der Waals surface area contributed by atoms with E-state index in [9.17, 15) is 4.79 Å². The van der Waals surface area contributed by atoms with Gasteiger partial charge in [0.15, 0.2) is 0 Å². The van der Waals surface area contributed by atoms with Crippen molar-refractivity contribution in [2.24, 2.45) is 0 Å². The number of aromatic amines is 1. The Morgan fingerprint density at radius 1 is 1.19 bits per heavy atom. The number of carbonyl (C=O) groups is 1. The molecular weight excluding hydrogens is 371 g/mol. The normalized spacial score (nSPS) is 10.9. The third kappa shape index (κ3) is 4.48. The van der Waals surface area contributed by atoms with Crippen LogP contribution in [0.5, 0.6) is 0 Å². The van der Waals surface area contributed by atoms with Crippen molar-refractivity contribution >= 4 is 40.3 Å². The number of H-pyrrole nitrogens is 1. The SMILES string of the molecule is CN(Cc1cccc(Cl)c1Cl)C(=O)NCCCc1nc2ccccc2[nH]1. The van der Waals surface area contributed by atoms with Crippen LogP contribution < -0.4 is 5.32 Å². The van der Waals surface area contributed by atoms with Gasteiger partial charge in [-0.2, -0.15) is 0 Å². The Balaban J connectivity index is 1.45. The van der Waals surface area contributed by atoms with Gasteiger partial charge in [-0.05, 0) is 30.2 Å². The lowest BCUT2D eigenvalue weighted by Crippen LogP contribution is -2.37. The summed E-state index contributed by atoms with van der Waals surface area (Å²) in [5.41, 5.74) is 2.81. The first-order valence-corrected chi connectivity index (χ1v) is 9.15. The summed E-state index contributed by atoms with van der Waals surface area (Å²) in [5.74, 6) is 0.930. The number of urea groups is 1. The van der Waals surface area contributed by atoms with Gasteiger partial charge in [0.1, 0.15) is 5.82 Å². The van der Waals surface area contributed by atoms with Crippen LogP contribution in [0.4, 0.5) is 4.79 Å². The Kier molecular flexibility index (Phi) is 6.01. The van der Waals surface area contributed by atoms with E-state index < -0.39 is 0 Å². The van der Waals surface area contributed by atoms with E-state index in [1.807, 2.05) is 36.4 Å². The molecule has 0 aliphatic rings. The summed E-state index contributed by atoms with van der Waals surface area (Å²) >= 11 is 12.2. The van der Waals surface area contributed by atoms with Gasteiger partial charge in [0.25, 0.3) is 0 Å². The first kappa shape index (κ1) is 18.5. The predicted octanol–water partition coefficient (Wildman–Crippen LogP) is 4.64. The molecule has 26 heavy (non-hydrogen) atoms. The van der Waals surface area contributed by atoms with Gasteiger partial charge in [-0.3, -0.25) is 0 Å². The zero-order valence-electron chi connectivity index (χ0n) is 14.4. The van der Waals surface area contributed by atoms with Gasteiger partial charge in [-0.15, -0.1) is 0 Å². The van der Waals surface area contributed by atoms with Crippen LogP contribution >= 0.6 is 23.2 Å². The molecule has 0 saturated carbocycles. The van der Waals surface area contributed by atoms with E-state index in [0.29, 0.717) is 23.1 Å². The second kappa shape index (κ2) is 8.43. The van der Waals surface area contributed by atoms with Crippen LogP contribution in [0.3, 0.4) is 0 Å². The third-order valence-corrected chi connectivity index (χ3v) is 4.95. The van der Waals surface area contributed by atoms with Gasteiger partial charge < -0.3 is 15.2 Å². The summed E-state index contributed by atoms with van der Waals surface area (Å²) < 4.78 is 0. The fraction of sp³-hybridized carbons (Fsp3) is 0.263. The van der Waals surface area contributed by atoms with Crippen molar-refractivity contribution in [3.05, 3.63) is 63.9 Å². The molecule has 3 aromatic rings. The standard InChI is InChI=1S/C19H20Cl2N4O/c1-25(12-13-6-4-7-14(20)18(13)21)19(26)22-11-5-10-17-23-15-8-2-3-9-16(15)24-17/h2-4,6-9H,5,10-12H2,1H3,(H,22,26)(H,23,24). The summed E-state index contributed by atoms with van der Waals surface area (Å²) in [6, 6.07) is 13.2. The molecule has 0 bridgehead atoms. The van der Waals surface area contributed by atoms with Crippen LogP contribution in [0.1, 0.15) is 17.8 Å². The predicted molar refractivity (Wildman–Crippen MR) is 106 cm³/mol. The fourth-order valence-electron chi connectivity index (χ4n) is 2.71. The maximum Gasteiger partial charge on any atom is 0.317 e. The number of hydrogen-bond donors (Lipinski definition) is 2. The topological polar surface area (TPSA) is 61.0 Å². The minimum atomic E-state index is -0.148. The van der Waals surface area contributed by atoms with Crippen LogP contribution in [-0.2, 0) is 13.0 Å². The summed E-state index contributed by atoms with van der Waals surface area (Å²) in [4.78, 5) is 21.6. The van der Waals surface area contributed by atoms with Crippen molar-refractivity contribution in [2.75, 3.05) is 13.6 Å². The van der Waals surface area contributed by atoms with Crippen LogP contribution in [0, 0.1) is 0 Å². The second-order valence-electron chi connectivity index (χ2n) is 6.11. The molecule has 0 spiro atoms. The number of halogens is 2. The first-order valence-electron chi connectivity index (χ1n) is 8.40. The average molecular weight is 391 g/mol. The molecule has 5 nitrogen and oxygen atoms in total. The first-order chi connectivity index (χ1) is 12.5. The molecule has 0 aliphatic heterocycles. The Labute approximate surface area is 162 Å². The number of rotatable bonds is 6. The lowest BCUT2D eigenvalue weighted by Gasteiger charge is -2.19. The van der Waals surface area contributed by atoms with E-state index in [1.54, 1.807) is 18.0 Å². The molecule has 0 atom stereocenters. The third-order valence-electron chi connectivity index (χ3n) is 4.09. The van der Waals surface area contributed by atoms with E-state index in [-0.39, 0.29) is 6.03 Å². The lowest BCUT2D eigenvalue weighted by atomic mass is 10.2. The summed E-state index contributed by atoms with van der Waals surface area (Å²) in [7, 11) is 1.73. The van der Waals surface area contributed by atoms with Crippen molar-refractivity contribution in [1.29, 1.82) is 0 Å². The second-order valence-corrected chi connectivity index (χ2v) is 6.89. The summed E-state index contributed by atoms with van der Waals surface area (Å²) in [6.07, 6.45) is 1.58. The van der Waals surface area contributed by atoms with Crippen molar-refractivity contribution in [2.45, 2.75) is 19.4 Å². The molecule has 2 aromatic carbocycles. The molecule has 0 radical (unpaired) electrons. The molecule has 0 saturated heterocycles. The van der Waals surface area contributed by atoms with Crippen molar-refractivity contribution < 1.29 is 4.79 Å². The fourth-order valence-corrected chi connectivity index (χ4v) is 3.09. The van der Waals surface area contributed by atoms with Gasteiger partial charge in [-0.25, -0.2) is 9.78 Å². The van der Waals surface area contributed by atoms with Crippen LogP contribution in [0.15, 0.2) is 42.5 Å². The summed E-state index contributed by atoms with van der Waals surface area (Å²) in [6.45, 7) is 0.971. The maximum absolute atomic E-state index is 12.2. The van der Waals surface area contributed by atoms with E-state index >= 15 is 0 Å². The number of benzene rings is 2. The minimum Gasteiger partial charge on any atom is -0.342 e. The number of amides is 2. The Morgan fingerprint density at radius 3 is 2.81 bits per heavy atom. The van der Waals surface area contributed by atoms with E-state index in [0.717, 1.165) is 35.3 Å². The number of carbonyl (C=O) groups excluding carboxylic acids is 1. The highest BCUT2D eigenvalue weighted by Crippen LogP contribution is 2.26. The molecule has 3 rings (SSSR count). The molecule has 1 aromatic heterocycles. The van der Waals surface area contributed by atoms with Crippen molar-refractivity contribution in [3.63, 3.8) is 0 Å². The van der Waals surface area contributed by atoms with Gasteiger partial charge in [0.05, 0.1) is 21.1 Å². The number of para-hydroxylation sites is 2. The molecule has 2 amide bonds.